The Morgan fingerprint density at radius 3 is 2.07 bits per heavy atom. The van der Waals surface area contributed by atoms with Gasteiger partial charge in [0.2, 0.25) is 0 Å². The van der Waals surface area contributed by atoms with Crippen molar-refractivity contribution in [1.82, 2.24) is 9.88 Å². The van der Waals surface area contributed by atoms with Crippen LogP contribution in [0.2, 0.25) is 0 Å². The molecule has 1 aromatic heterocycles. The highest BCUT2D eigenvalue weighted by molar-refractivity contribution is 9.15. The first-order valence-electron chi connectivity index (χ1n) is 8.23. The number of para-hydroxylation sites is 1. The minimum atomic E-state index is -1.50. The number of fused-ring (bicyclic) bond motifs is 2. The van der Waals surface area contributed by atoms with Crippen LogP contribution in [0.25, 0.3) is 10.9 Å². The van der Waals surface area contributed by atoms with Gasteiger partial charge in [-0.25, -0.2) is 0 Å². The number of nitrogens with zero attached hydrogens (tertiary/aromatic N) is 1. The Morgan fingerprint density at radius 1 is 0.966 bits per heavy atom. The zero-order valence-electron chi connectivity index (χ0n) is 14.3. The van der Waals surface area contributed by atoms with Crippen molar-refractivity contribution in [3.8, 4) is 0 Å². The third kappa shape index (κ3) is 3.20. The summed E-state index contributed by atoms with van der Waals surface area (Å²) in [4.78, 5) is 42.0. The number of rotatable bonds is 4. The molecule has 1 N–H and O–H groups in total. The van der Waals surface area contributed by atoms with Gasteiger partial charge in [0.25, 0.3) is 11.8 Å². The van der Waals surface area contributed by atoms with E-state index < -0.39 is 23.8 Å². The molecular formula is C19H9Br4N2O4-. The van der Waals surface area contributed by atoms with Crippen LogP contribution in [0.15, 0.2) is 48.4 Å². The van der Waals surface area contributed by atoms with E-state index >= 15 is 0 Å². The number of hydrogen-bond acceptors (Lipinski definition) is 4. The third-order valence-electron chi connectivity index (χ3n) is 4.80. The summed E-state index contributed by atoms with van der Waals surface area (Å²) in [6.45, 7) is 0. The van der Waals surface area contributed by atoms with Gasteiger partial charge in [-0.15, -0.1) is 0 Å². The number of carboxylic acids is 1. The second-order valence-corrected chi connectivity index (χ2v) is 9.56. The molecule has 2 heterocycles. The van der Waals surface area contributed by atoms with Gasteiger partial charge in [0, 0.05) is 41.4 Å². The van der Waals surface area contributed by atoms with Crippen LogP contribution in [0.1, 0.15) is 26.3 Å². The molecule has 0 saturated carbocycles. The van der Waals surface area contributed by atoms with Crippen molar-refractivity contribution in [1.29, 1.82) is 0 Å². The van der Waals surface area contributed by atoms with Gasteiger partial charge in [-0.05, 0) is 75.3 Å². The van der Waals surface area contributed by atoms with Crippen LogP contribution in [0.3, 0.4) is 0 Å². The molecule has 1 aliphatic rings. The summed E-state index contributed by atoms with van der Waals surface area (Å²) in [5.74, 6) is -2.89. The van der Waals surface area contributed by atoms with Crippen molar-refractivity contribution >= 4 is 92.4 Å². The van der Waals surface area contributed by atoms with Crippen molar-refractivity contribution in [3.05, 3.63) is 65.0 Å². The number of aromatic amines is 1. The van der Waals surface area contributed by atoms with Crippen LogP contribution in [0.5, 0.6) is 0 Å². The first kappa shape index (κ1) is 20.8. The molecule has 6 nitrogen and oxygen atoms in total. The van der Waals surface area contributed by atoms with Gasteiger partial charge >= 0.3 is 0 Å². The van der Waals surface area contributed by atoms with Gasteiger partial charge < -0.3 is 14.9 Å². The number of carboxylic acid groups (broad SMARTS) is 1. The molecule has 2 amide bonds. The SMILES string of the molecule is O=C([O-])[C@@H](Cc1c[nH]c2ccccc12)N1C(=O)c2c(Br)c(Br)c(Br)c(Br)c2C1=O. The van der Waals surface area contributed by atoms with Crippen molar-refractivity contribution in [2.24, 2.45) is 0 Å². The normalized spacial score (nSPS) is 14.6. The van der Waals surface area contributed by atoms with Crippen molar-refractivity contribution in [2.45, 2.75) is 12.5 Å². The van der Waals surface area contributed by atoms with E-state index in [1.807, 2.05) is 24.3 Å². The van der Waals surface area contributed by atoms with E-state index in [2.05, 4.69) is 68.7 Å². The fourth-order valence-electron chi connectivity index (χ4n) is 3.44. The summed E-state index contributed by atoms with van der Waals surface area (Å²) in [6, 6.07) is 5.93. The summed E-state index contributed by atoms with van der Waals surface area (Å²) >= 11 is 13.4. The predicted molar refractivity (Wildman–Crippen MR) is 119 cm³/mol. The van der Waals surface area contributed by atoms with Gasteiger partial charge in [0.1, 0.15) is 0 Å². The molecule has 0 saturated heterocycles. The number of amides is 2. The summed E-state index contributed by atoms with van der Waals surface area (Å²) < 4.78 is 1.81. The number of nitrogens with one attached hydrogen (secondary N) is 1. The molecule has 29 heavy (non-hydrogen) atoms. The quantitative estimate of drug-likeness (QED) is 0.261. The number of carbonyl (C=O) groups excluding carboxylic acids is 3. The lowest BCUT2D eigenvalue weighted by Gasteiger charge is -2.27. The van der Waals surface area contributed by atoms with Crippen molar-refractivity contribution < 1.29 is 19.5 Å². The van der Waals surface area contributed by atoms with Gasteiger partial charge in [0.15, 0.2) is 0 Å². The number of hydrogen-bond donors (Lipinski definition) is 1. The van der Waals surface area contributed by atoms with Crippen LogP contribution in [0, 0.1) is 0 Å². The summed E-state index contributed by atoms with van der Waals surface area (Å²) in [6.07, 6.45) is 1.60. The van der Waals surface area contributed by atoms with E-state index in [1.165, 1.54) is 0 Å². The Morgan fingerprint density at radius 2 is 1.52 bits per heavy atom. The average molecular weight is 649 g/mol. The van der Waals surface area contributed by atoms with E-state index in [9.17, 15) is 19.5 Å². The lowest BCUT2D eigenvalue weighted by atomic mass is 10.0. The third-order valence-corrected chi connectivity index (χ3v) is 9.57. The van der Waals surface area contributed by atoms with Gasteiger partial charge in [-0.2, -0.15) is 0 Å². The molecule has 0 radical (unpaired) electrons. The highest BCUT2D eigenvalue weighted by atomic mass is 79.9. The molecule has 0 bridgehead atoms. The maximum absolute atomic E-state index is 13.1. The Hall–Kier alpha value is -1.49. The molecule has 1 atom stereocenters. The zero-order valence-corrected chi connectivity index (χ0v) is 20.6. The van der Waals surface area contributed by atoms with E-state index in [4.69, 9.17) is 0 Å². The number of H-pyrrole nitrogens is 1. The largest absolute Gasteiger partial charge is 0.548 e. The number of carbonyl (C=O) groups is 3. The number of benzene rings is 2. The van der Waals surface area contributed by atoms with E-state index in [0.717, 1.165) is 15.8 Å². The van der Waals surface area contributed by atoms with E-state index in [-0.39, 0.29) is 17.5 Å². The molecule has 1 aliphatic heterocycles. The van der Waals surface area contributed by atoms with Crippen molar-refractivity contribution in [3.63, 3.8) is 0 Å². The Balaban J connectivity index is 1.80. The Labute approximate surface area is 198 Å². The van der Waals surface area contributed by atoms with Gasteiger partial charge in [-0.1, -0.05) is 18.2 Å². The maximum Gasteiger partial charge on any atom is 0.263 e. The smallest absolute Gasteiger partial charge is 0.263 e. The lowest BCUT2D eigenvalue weighted by Crippen LogP contribution is -2.51. The number of halogens is 4. The first-order chi connectivity index (χ1) is 13.7. The molecule has 148 valence electrons. The summed E-state index contributed by atoms with van der Waals surface area (Å²) in [5.41, 5.74) is 1.71. The van der Waals surface area contributed by atoms with Crippen molar-refractivity contribution in [2.75, 3.05) is 0 Å². The van der Waals surface area contributed by atoms with E-state index in [0.29, 0.717) is 23.5 Å². The number of imide groups is 1. The van der Waals surface area contributed by atoms with Crippen LogP contribution >= 0.6 is 63.7 Å². The molecule has 0 aliphatic carbocycles. The first-order valence-corrected chi connectivity index (χ1v) is 11.4. The average Bonchev–Trinajstić information content (AvgIpc) is 3.21. The molecule has 2 aromatic carbocycles. The second-order valence-electron chi connectivity index (χ2n) is 6.38. The molecule has 0 spiro atoms. The Kier molecular flexibility index (Phi) is 5.47. The monoisotopic (exact) mass is 645 g/mol. The highest BCUT2D eigenvalue weighted by Crippen LogP contribution is 2.45. The fourth-order valence-corrected chi connectivity index (χ4v) is 5.90. The predicted octanol–water partition coefficient (Wildman–Crippen LogP) is 4.18. The highest BCUT2D eigenvalue weighted by Gasteiger charge is 2.44. The van der Waals surface area contributed by atoms with Crippen LogP contribution < -0.4 is 5.11 Å². The minimum Gasteiger partial charge on any atom is -0.548 e. The van der Waals surface area contributed by atoms with Crippen LogP contribution in [-0.2, 0) is 11.2 Å². The number of aromatic nitrogens is 1. The molecular weight excluding hydrogens is 640 g/mol. The Bertz CT molecular complexity index is 1170. The van der Waals surface area contributed by atoms with Crippen LogP contribution in [0.4, 0.5) is 0 Å². The maximum atomic E-state index is 13.1. The van der Waals surface area contributed by atoms with Gasteiger partial charge in [0.05, 0.1) is 23.1 Å². The summed E-state index contributed by atoms with van der Waals surface area (Å²) in [7, 11) is 0. The zero-order chi connectivity index (χ0) is 21.0. The second kappa shape index (κ2) is 7.64. The van der Waals surface area contributed by atoms with E-state index in [1.54, 1.807) is 6.20 Å². The lowest BCUT2D eigenvalue weighted by molar-refractivity contribution is -0.310. The standard InChI is InChI=1S/C19H10Br4N2O4/c20-13-11-12(14(21)16(23)15(13)22)18(27)25(17(11)26)10(19(28)29)5-7-6-24-9-4-2-1-3-8(7)9/h1-4,6,10,24H,5H2,(H,28,29)/p-1/t10-/m1/s1. The molecule has 0 unspecified atom stereocenters. The summed E-state index contributed by atoms with van der Waals surface area (Å²) in [5, 5.41) is 12.8. The number of aliphatic carboxylic acids is 1. The molecule has 0 fully saturated rings. The fraction of sp³-hybridized carbons (Fsp3) is 0.105. The van der Waals surface area contributed by atoms with Gasteiger partial charge in [-0.3, -0.25) is 14.5 Å². The van der Waals surface area contributed by atoms with Crippen LogP contribution in [-0.4, -0.2) is 33.7 Å². The topological polar surface area (TPSA) is 93.3 Å². The minimum absolute atomic E-state index is 0.0740. The molecule has 4 rings (SSSR count). The molecule has 10 heteroatoms. The molecule has 3 aromatic rings.